The van der Waals surface area contributed by atoms with Crippen molar-refractivity contribution in [2.75, 3.05) is 20.3 Å². The summed E-state index contributed by atoms with van der Waals surface area (Å²) in [7, 11) is 1.77. The molecule has 3 heteroatoms. The van der Waals surface area contributed by atoms with E-state index >= 15 is 0 Å². The fraction of sp³-hybridized carbons (Fsp3) is 0.714. The number of hydrogen-bond donors (Lipinski definition) is 1. The quantitative estimate of drug-likeness (QED) is 0.766. The van der Waals surface area contributed by atoms with Gasteiger partial charge in [-0.25, -0.2) is 0 Å². The summed E-state index contributed by atoms with van der Waals surface area (Å²) in [6.45, 7) is 8.55. The van der Waals surface area contributed by atoms with Crippen molar-refractivity contribution < 1.29 is 4.74 Å². The smallest absolute Gasteiger partial charge is 0.0465 e. The molecule has 0 fully saturated rings. The Bertz CT molecular complexity index is 311. The Balaban J connectivity index is 2.69. The van der Waals surface area contributed by atoms with Crippen LogP contribution in [0.25, 0.3) is 0 Å². The average molecular weight is 255 g/mol. The molecular weight excluding hydrogens is 230 g/mol. The Morgan fingerprint density at radius 3 is 2.65 bits per heavy atom. The molecule has 1 aromatic heterocycles. The fourth-order valence-corrected chi connectivity index (χ4v) is 3.19. The van der Waals surface area contributed by atoms with Crippen LogP contribution in [-0.4, -0.2) is 20.3 Å². The molecule has 2 unspecified atom stereocenters. The first-order valence-electron chi connectivity index (χ1n) is 6.53. The van der Waals surface area contributed by atoms with Gasteiger partial charge in [0.2, 0.25) is 0 Å². The maximum Gasteiger partial charge on any atom is 0.0465 e. The molecule has 2 nitrogen and oxygen atoms in total. The molecule has 98 valence electrons. The largest absolute Gasteiger partial charge is 0.385 e. The second-order valence-electron chi connectivity index (χ2n) is 4.45. The van der Waals surface area contributed by atoms with Gasteiger partial charge in [0.25, 0.3) is 0 Å². The third-order valence-electron chi connectivity index (χ3n) is 3.11. The van der Waals surface area contributed by atoms with Crippen molar-refractivity contribution in [3.63, 3.8) is 0 Å². The van der Waals surface area contributed by atoms with Gasteiger partial charge in [-0.15, -0.1) is 11.3 Å². The highest BCUT2D eigenvalue weighted by molar-refractivity contribution is 7.12. The van der Waals surface area contributed by atoms with Crippen molar-refractivity contribution in [2.45, 2.75) is 39.7 Å². The maximum absolute atomic E-state index is 5.18. The van der Waals surface area contributed by atoms with E-state index in [4.69, 9.17) is 4.74 Å². The van der Waals surface area contributed by atoms with Crippen molar-refractivity contribution >= 4 is 11.3 Å². The van der Waals surface area contributed by atoms with Gasteiger partial charge in [-0.05, 0) is 37.4 Å². The topological polar surface area (TPSA) is 21.3 Å². The fourth-order valence-electron chi connectivity index (χ4n) is 2.02. The Labute approximate surface area is 109 Å². The first kappa shape index (κ1) is 14.7. The van der Waals surface area contributed by atoms with Gasteiger partial charge >= 0.3 is 0 Å². The zero-order valence-electron chi connectivity index (χ0n) is 11.5. The molecule has 0 saturated carbocycles. The predicted molar refractivity (Wildman–Crippen MR) is 75.8 cm³/mol. The second-order valence-corrected chi connectivity index (χ2v) is 5.65. The van der Waals surface area contributed by atoms with E-state index in [-0.39, 0.29) is 0 Å². The molecule has 1 aromatic rings. The van der Waals surface area contributed by atoms with Crippen molar-refractivity contribution in [3.8, 4) is 0 Å². The van der Waals surface area contributed by atoms with Crippen LogP contribution in [-0.2, 0) is 11.2 Å². The molecule has 0 radical (unpaired) electrons. The van der Waals surface area contributed by atoms with Gasteiger partial charge in [0.1, 0.15) is 0 Å². The van der Waals surface area contributed by atoms with Crippen molar-refractivity contribution in [1.29, 1.82) is 0 Å². The summed E-state index contributed by atoms with van der Waals surface area (Å²) >= 11 is 1.94. The van der Waals surface area contributed by atoms with Gasteiger partial charge in [0, 0.05) is 29.5 Å². The Morgan fingerprint density at radius 1 is 1.35 bits per heavy atom. The number of aryl methyl sites for hydroxylation is 1. The second kappa shape index (κ2) is 7.85. The van der Waals surface area contributed by atoms with Crippen LogP contribution in [0.3, 0.4) is 0 Å². The molecule has 0 aliphatic heterocycles. The van der Waals surface area contributed by atoms with Crippen LogP contribution >= 0.6 is 11.3 Å². The number of nitrogens with one attached hydrogen (secondary N) is 1. The summed E-state index contributed by atoms with van der Waals surface area (Å²) < 4.78 is 5.18. The van der Waals surface area contributed by atoms with Crippen molar-refractivity contribution in [2.24, 2.45) is 5.92 Å². The number of ether oxygens (including phenoxy) is 1. The van der Waals surface area contributed by atoms with E-state index in [9.17, 15) is 0 Å². The van der Waals surface area contributed by atoms with Crippen molar-refractivity contribution in [3.05, 3.63) is 21.9 Å². The molecule has 1 N–H and O–H groups in total. The van der Waals surface area contributed by atoms with Gasteiger partial charge in [-0.3, -0.25) is 0 Å². The van der Waals surface area contributed by atoms with Gasteiger partial charge < -0.3 is 10.1 Å². The van der Waals surface area contributed by atoms with Crippen LogP contribution in [0.2, 0.25) is 0 Å². The lowest BCUT2D eigenvalue weighted by Gasteiger charge is -2.23. The first-order valence-corrected chi connectivity index (χ1v) is 7.35. The molecule has 0 bridgehead atoms. The Kier molecular flexibility index (Phi) is 6.78. The van der Waals surface area contributed by atoms with E-state index in [1.165, 1.54) is 9.75 Å². The molecule has 1 rings (SSSR count). The van der Waals surface area contributed by atoms with Gasteiger partial charge in [0.05, 0.1) is 0 Å². The summed E-state index contributed by atoms with van der Waals surface area (Å²) in [4.78, 5) is 2.94. The lowest BCUT2D eigenvalue weighted by atomic mass is 9.97. The lowest BCUT2D eigenvalue weighted by Crippen LogP contribution is -2.26. The summed E-state index contributed by atoms with van der Waals surface area (Å²) in [6.07, 6.45) is 2.24. The minimum absolute atomic E-state index is 0.473. The minimum Gasteiger partial charge on any atom is -0.385 e. The molecular formula is C14H25NOS. The molecule has 0 aliphatic rings. The Hall–Kier alpha value is -0.380. The number of thiophene rings is 1. The van der Waals surface area contributed by atoms with E-state index < -0.39 is 0 Å². The van der Waals surface area contributed by atoms with Crippen LogP contribution < -0.4 is 5.32 Å². The van der Waals surface area contributed by atoms with Gasteiger partial charge in [0.15, 0.2) is 0 Å². The van der Waals surface area contributed by atoms with Crippen molar-refractivity contribution in [1.82, 2.24) is 5.32 Å². The maximum atomic E-state index is 5.18. The zero-order chi connectivity index (χ0) is 12.7. The van der Waals surface area contributed by atoms with Crippen LogP contribution in [0.15, 0.2) is 12.1 Å². The van der Waals surface area contributed by atoms with E-state index in [1.54, 1.807) is 7.11 Å². The molecule has 0 aliphatic carbocycles. The number of methoxy groups -OCH3 is 1. The lowest BCUT2D eigenvalue weighted by molar-refractivity contribution is 0.171. The summed E-state index contributed by atoms with van der Waals surface area (Å²) in [5.74, 6) is 0.609. The van der Waals surface area contributed by atoms with E-state index in [0.29, 0.717) is 12.0 Å². The number of rotatable bonds is 8. The molecule has 0 aromatic carbocycles. The van der Waals surface area contributed by atoms with Crippen LogP contribution in [0.4, 0.5) is 0 Å². The molecule has 0 saturated heterocycles. The Morgan fingerprint density at radius 2 is 2.12 bits per heavy atom. The van der Waals surface area contributed by atoms with E-state index in [1.807, 2.05) is 11.3 Å². The first-order chi connectivity index (χ1) is 8.22. The SMILES string of the molecule is CCNC(c1ccc(CC)s1)C(C)CCOC. The van der Waals surface area contributed by atoms with E-state index in [2.05, 4.69) is 38.2 Å². The highest BCUT2D eigenvalue weighted by Crippen LogP contribution is 2.30. The van der Waals surface area contributed by atoms with Gasteiger partial charge in [-0.2, -0.15) is 0 Å². The average Bonchev–Trinajstić information content (AvgIpc) is 2.81. The van der Waals surface area contributed by atoms with Crippen LogP contribution in [0.5, 0.6) is 0 Å². The highest BCUT2D eigenvalue weighted by Gasteiger charge is 2.19. The normalized spacial score (nSPS) is 14.8. The number of hydrogen-bond acceptors (Lipinski definition) is 3. The van der Waals surface area contributed by atoms with Crippen LogP contribution in [0.1, 0.15) is 43.0 Å². The third kappa shape index (κ3) is 4.41. The third-order valence-corrected chi connectivity index (χ3v) is 4.42. The summed E-state index contributed by atoms with van der Waals surface area (Å²) in [5, 5.41) is 3.60. The standard InChI is InChI=1S/C14H25NOS/c1-5-12-7-8-13(17-12)14(15-6-2)11(3)9-10-16-4/h7-8,11,14-15H,5-6,9-10H2,1-4H3. The van der Waals surface area contributed by atoms with E-state index in [0.717, 1.165) is 26.0 Å². The molecule has 0 amide bonds. The molecule has 2 atom stereocenters. The molecule has 0 spiro atoms. The molecule has 17 heavy (non-hydrogen) atoms. The predicted octanol–water partition coefficient (Wildman–Crippen LogP) is 3.63. The zero-order valence-corrected chi connectivity index (χ0v) is 12.3. The summed E-state index contributed by atoms with van der Waals surface area (Å²) in [5.41, 5.74) is 0. The molecule has 1 heterocycles. The monoisotopic (exact) mass is 255 g/mol. The van der Waals surface area contributed by atoms with Gasteiger partial charge in [-0.1, -0.05) is 20.8 Å². The van der Waals surface area contributed by atoms with Crippen LogP contribution in [0, 0.1) is 5.92 Å². The highest BCUT2D eigenvalue weighted by atomic mass is 32.1. The summed E-state index contributed by atoms with van der Waals surface area (Å²) in [6, 6.07) is 5.01. The minimum atomic E-state index is 0.473.